The van der Waals surface area contributed by atoms with E-state index < -0.39 is 12.1 Å². The van der Waals surface area contributed by atoms with Crippen LogP contribution in [0.4, 0.5) is 0 Å². The Morgan fingerprint density at radius 2 is 1.25 bits per heavy atom. The van der Waals surface area contributed by atoms with Gasteiger partial charge in [-0.15, -0.1) is 0 Å². The summed E-state index contributed by atoms with van der Waals surface area (Å²) < 4.78 is 11.1. The number of methoxy groups -OCH3 is 1. The standard InChI is InChI=1S/C21H18O3/c1-23-19-15-9-8-14-18(19)21(22)24-20(16-10-4-2-5-11-16)17-12-6-3-7-13-17/h2-15,20H,1H3. The van der Waals surface area contributed by atoms with Crippen LogP contribution in [0.2, 0.25) is 0 Å². The molecule has 24 heavy (non-hydrogen) atoms. The smallest absolute Gasteiger partial charge is 0.342 e. The van der Waals surface area contributed by atoms with E-state index in [4.69, 9.17) is 9.47 Å². The summed E-state index contributed by atoms with van der Waals surface area (Å²) in [4.78, 5) is 12.7. The summed E-state index contributed by atoms with van der Waals surface area (Å²) in [5.41, 5.74) is 2.26. The van der Waals surface area contributed by atoms with Gasteiger partial charge in [0, 0.05) is 0 Å². The summed E-state index contributed by atoms with van der Waals surface area (Å²) in [6, 6.07) is 26.5. The first kappa shape index (κ1) is 15.8. The number of benzene rings is 3. The van der Waals surface area contributed by atoms with E-state index in [9.17, 15) is 4.79 Å². The van der Waals surface area contributed by atoms with Crippen LogP contribution >= 0.6 is 0 Å². The Kier molecular flexibility index (Phi) is 4.92. The largest absolute Gasteiger partial charge is 0.496 e. The lowest BCUT2D eigenvalue weighted by atomic mass is 10.0. The summed E-state index contributed by atoms with van der Waals surface area (Å²) in [6.07, 6.45) is -0.468. The monoisotopic (exact) mass is 318 g/mol. The van der Waals surface area contributed by atoms with E-state index >= 15 is 0 Å². The molecular formula is C21H18O3. The second-order valence-electron chi connectivity index (χ2n) is 5.31. The van der Waals surface area contributed by atoms with Crippen LogP contribution < -0.4 is 4.74 Å². The SMILES string of the molecule is COc1ccccc1C(=O)OC(c1ccccc1)c1ccccc1. The van der Waals surface area contributed by atoms with Gasteiger partial charge in [0.25, 0.3) is 0 Å². The van der Waals surface area contributed by atoms with Crippen LogP contribution in [0.3, 0.4) is 0 Å². The molecule has 0 aliphatic heterocycles. The van der Waals surface area contributed by atoms with Crippen LogP contribution in [0.1, 0.15) is 27.6 Å². The lowest BCUT2D eigenvalue weighted by Crippen LogP contribution is -2.13. The minimum absolute atomic E-state index is 0.412. The molecule has 0 unspecified atom stereocenters. The van der Waals surface area contributed by atoms with Crippen molar-refractivity contribution in [2.45, 2.75) is 6.10 Å². The van der Waals surface area contributed by atoms with E-state index in [2.05, 4.69) is 0 Å². The summed E-state index contributed by atoms with van der Waals surface area (Å²) in [6.45, 7) is 0. The van der Waals surface area contributed by atoms with Gasteiger partial charge >= 0.3 is 5.97 Å². The van der Waals surface area contributed by atoms with E-state index in [0.717, 1.165) is 11.1 Å². The van der Waals surface area contributed by atoms with Crippen molar-refractivity contribution in [2.24, 2.45) is 0 Å². The molecule has 0 aromatic heterocycles. The molecule has 3 nitrogen and oxygen atoms in total. The average Bonchev–Trinajstić information content (AvgIpc) is 2.67. The zero-order chi connectivity index (χ0) is 16.8. The predicted molar refractivity (Wildman–Crippen MR) is 93.1 cm³/mol. The van der Waals surface area contributed by atoms with Gasteiger partial charge in [-0.1, -0.05) is 72.8 Å². The molecule has 0 saturated carbocycles. The molecule has 0 spiro atoms. The minimum Gasteiger partial charge on any atom is -0.496 e. The fraction of sp³-hybridized carbons (Fsp3) is 0.0952. The maximum Gasteiger partial charge on any atom is 0.342 e. The molecule has 0 N–H and O–H groups in total. The van der Waals surface area contributed by atoms with Crippen molar-refractivity contribution in [2.75, 3.05) is 7.11 Å². The second-order valence-corrected chi connectivity index (χ2v) is 5.31. The predicted octanol–water partition coefficient (Wildman–Crippen LogP) is 4.64. The molecule has 120 valence electrons. The highest BCUT2D eigenvalue weighted by molar-refractivity contribution is 5.92. The number of ether oxygens (including phenoxy) is 2. The molecule has 3 aromatic rings. The molecule has 3 aromatic carbocycles. The van der Waals surface area contributed by atoms with Gasteiger partial charge in [-0.2, -0.15) is 0 Å². The normalized spacial score (nSPS) is 10.4. The lowest BCUT2D eigenvalue weighted by Gasteiger charge is -2.19. The van der Waals surface area contributed by atoms with E-state index in [1.807, 2.05) is 66.7 Å². The molecule has 0 fully saturated rings. The molecule has 0 saturated heterocycles. The van der Waals surface area contributed by atoms with Crippen LogP contribution in [0, 0.1) is 0 Å². The maximum absolute atomic E-state index is 12.7. The summed E-state index contributed by atoms with van der Waals surface area (Å²) in [7, 11) is 1.54. The first-order valence-electron chi connectivity index (χ1n) is 7.73. The van der Waals surface area contributed by atoms with Crippen molar-refractivity contribution >= 4 is 5.97 Å². The Hall–Kier alpha value is -3.07. The minimum atomic E-state index is -0.468. The van der Waals surface area contributed by atoms with Gasteiger partial charge in [-0.3, -0.25) is 0 Å². The van der Waals surface area contributed by atoms with Crippen LogP contribution in [0.5, 0.6) is 5.75 Å². The molecule has 0 heterocycles. The van der Waals surface area contributed by atoms with Crippen molar-refractivity contribution in [1.82, 2.24) is 0 Å². The van der Waals surface area contributed by atoms with Crippen LogP contribution in [-0.2, 0) is 4.74 Å². The molecule has 0 aliphatic carbocycles. The van der Waals surface area contributed by atoms with E-state index in [1.54, 1.807) is 18.2 Å². The molecule has 0 atom stereocenters. The number of carbonyl (C=O) groups is 1. The summed E-state index contributed by atoms with van der Waals surface area (Å²) >= 11 is 0. The third-order valence-corrected chi connectivity index (χ3v) is 3.76. The number of hydrogen-bond donors (Lipinski definition) is 0. The zero-order valence-corrected chi connectivity index (χ0v) is 13.4. The molecule has 0 bridgehead atoms. The zero-order valence-electron chi connectivity index (χ0n) is 13.4. The first-order valence-corrected chi connectivity index (χ1v) is 7.73. The summed E-state index contributed by atoms with van der Waals surface area (Å²) in [5.74, 6) is 0.0903. The maximum atomic E-state index is 12.7. The fourth-order valence-electron chi connectivity index (χ4n) is 2.57. The van der Waals surface area contributed by atoms with Gasteiger partial charge in [-0.25, -0.2) is 4.79 Å². The van der Waals surface area contributed by atoms with Crippen molar-refractivity contribution in [3.63, 3.8) is 0 Å². The molecule has 3 heteroatoms. The number of esters is 1. The van der Waals surface area contributed by atoms with E-state index in [-0.39, 0.29) is 0 Å². The second kappa shape index (κ2) is 7.47. The highest BCUT2D eigenvalue weighted by Gasteiger charge is 2.21. The Labute approximate surface area is 141 Å². The average molecular weight is 318 g/mol. The Morgan fingerprint density at radius 3 is 1.79 bits per heavy atom. The molecule has 0 aliphatic rings. The molecule has 0 amide bonds. The third-order valence-electron chi connectivity index (χ3n) is 3.76. The highest BCUT2D eigenvalue weighted by atomic mass is 16.5. The van der Waals surface area contributed by atoms with Crippen LogP contribution in [0.25, 0.3) is 0 Å². The van der Waals surface area contributed by atoms with Crippen LogP contribution in [-0.4, -0.2) is 13.1 Å². The molecule has 3 rings (SSSR count). The highest BCUT2D eigenvalue weighted by Crippen LogP contribution is 2.28. The van der Waals surface area contributed by atoms with Gasteiger partial charge in [0.05, 0.1) is 7.11 Å². The number of rotatable bonds is 5. The quantitative estimate of drug-likeness (QED) is 0.643. The van der Waals surface area contributed by atoms with E-state index in [1.165, 1.54) is 7.11 Å². The van der Waals surface area contributed by atoms with Crippen molar-refractivity contribution in [3.8, 4) is 5.75 Å². The topological polar surface area (TPSA) is 35.5 Å². The van der Waals surface area contributed by atoms with Gasteiger partial charge < -0.3 is 9.47 Å². The van der Waals surface area contributed by atoms with E-state index in [0.29, 0.717) is 11.3 Å². The van der Waals surface area contributed by atoms with Crippen molar-refractivity contribution in [3.05, 3.63) is 102 Å². The number of carbonyl (C=O) groups excluding carboxylic acids is 1. The summed E-state index contributed by atoms with van der Waals surface area (Å²) in [5, 5.41) is 0. The third kappa shape index (κ3) is 3.46. The number of para-hydroxylation sites is 1. The van der Waals surface area contributed by atoms with Crippen LogP contribution in [0.15, 0.2) is 84.9 Å². The molecular weight excluding hydrogens is 300 g/mol. The van der Waals surface area contributed by atoms with Gasteiger partial charge in [-0.05, 0) is 23.3 Å². The Morgan fingerprint density at radius 1 is 0.750 bits per heavy atom. The van der Waals surface area contributed by atoms with Crippen molar-refractivity contribution < 1.29 is 14.3 Å². The molecule has 0 radical (unpaired) electrons. The van der Waals surface area contributed by atoms with Crippen molar-refractivity contribution in [1.29, 1.82) is 0 Å². The lowest BCUT2D eigenvalue weighted by molar-refractivity contribution is 0.0374. The van der Waals surface area contributed by atoms with Gasteiger partial charge in [0.15, 0.2) is 6.10 Å². The first-order chi connectivity index (χ1) is 11.8. The number of hydrogen-bond acceptors (Lipinski definition) is 3. The Balaban J connectivity index is 1.94. The van der Waals surface area contributed by atoms with Gasteiger partial charge in [0.2, 0.25) is 0 Å². The fourth-order valence-corrected chi connectivity index (χ4v) is 2.57. The Bertz CT molecular complexity index is 758. The van der Waals surface area contributed by atoms with Gasteiger partial charge in [0.1, 0.15) is 11.3 Å².